The van der Waals surface area contributed by atoms with E-state index >= 15 is 0 Å². The van der Waals surface area contributed by atoms with E-state index in [9.17, 15) is 0 Å². The Hall–Kier alpha value is -0.0900. The lowest BCUT2D eigenvalue weighted by Gasteiger charge is -2.32. The average Bonchev–Trinajstić information content (AvgIpc) is 2.42. The minimum absolute atomic E-state index is 0. The first-order valence-electron chi connectivity index (χ1n) is 7.37. The minimum atomic E-state index is 0. The fourth-order valence-electron chi connectivity index (χ4n) is 2.69. The molecule has 1 heterocycles. The predicted octanol–water partition coefficient (Wildman–Crippen LogP) is 4.00. The molecular weight excluding hydrogens is 336 g/mol. The molecule has 2 nitrogen and oxygen atoms in total. The number of nitrogens with one attached hydrogen (secondary N) is 1. The van der Waals surface area contributed by atoms with Crippen LogP contribution in [0.25, 0.3) is 0 Å². The van der Waals surface area contributed by atoms with Crippen LogP contribution < -0.4 is 5.32 Å². The molecule has 0 radical (unpaired) electrons. The number of hydrogen-bond acceptors (Lipinski definition) is 2. The van der Waals surface area contributed by atoms with Gasteiger partial charge < -0.3 is 5.32 Å². The second-order valence-corrected chi connectivity index (χ2v) is 6.47. The molecule has 1 N–H and O–H groups in total. The van der Waals surface area contributed by atoms with Gasteiger partial charge in [-0.05, 0) is 69.1 Å². The van der Waals surface area contributed by atoms with Crippen molar-refractivity contribution in [3.05, 3.63) is 33.8 Å². The van der Waals surface area contributed by atoms with Gasteiger partial charge in [0, 0.05) is 11.0 Å². The molecule has 4 heteroatoms. The Morgan fingerprint density at radius 3 is 2.60 bits per heavy atom. The van der Waals surface area contributed by atoms with E-state index in [0.29, 0.717) is 0 Å². The molecule has 0 unspecified atom stereocenters. The molecule has 0 amide bonds. The third-order valence-corrected chi connectivity index (χ3v) is 4.89. The number of hydrogen-bond donors (Lipinski definition) is 1. The highest BCUT2D eigenvalue weighted by atomic mass is 79.9. The summed E-state index contributed by atoms with van der Waals surface area (Å²) in [6.07, 6.45) is 2.67. The zero-order valence-corrected chi connectivity index (χ0v) is 14.9. The van der Waals surface area contributed by atoms with Gasteiger partial charge in [-0.3, -0.25) is 4.90 Å². The Morgan fingerprint density at radius 1 is 1.30 bits per heavy atom. The number of piperidine rings is 1. The minimum Gasteiger partial charge on any atom is -0.317 e. The van der Waals surface area contributed by atoms with Crippen molar-refractivity contribution in [3.8, 4) is 0 Å². The summed E-state index contributed by atoms with van der Waals surface area (Å²) in [5.41, 5.74) is 2.73. The van der Waals surface area contributed by atoms with Gasteiger partial charge in [0.25, 0.3) is 0 Å². The average molecular weight is 362 g/mol. The number of nitrogens with zero attached hydrogens (tertiary/aromatic N) is 1. The van der Waals surface area contributed by atoms with E-state index in [1.807, 2.05) is 0 Å². The number of likely N-dealkylation sites (tertiary alicyclic amines) is 1. The van der Waals surface area contributed by atoms with E-state index in [2.05, 4.69) is 58.2 Å². The van der Waals surface area contributed by atoms with E-state index in [-0.39, 0.29) is 12.4 Å². The zero-order chi connectivity index (χ0) is 13.7. The van der Waals surface area contributed by atoms with Crippen LogP contribution in [-0.4, -0.2) is 31.1 Å². The molecule has 0 bridgehead atoms. The van der Waals surface area contributed by atoms with Crippen molar-refractivity contribution in [1.82, 2.24) is 10.2 Å². The molecule has 0 aliphatic carbocycles. The molecule has 1 aromatic rings. The summed E-state index contributed by atoms with van der Waals surface area (Å²) in [6, 6.07) is 6.72. The first-order chi connectivity index (χ1) is 9.19. The number of benzene rings is 1. The summed E-state index contributed by atoms with van der Waals surface area (Å²) in [5.74, 6) is 0.876. The molecule has 1 aliphatic heterocycles. The quantitative estimate of drug-likeness (QED) is 0.852. The van der Waals surface area contributed by atoms with Gasteiger partial charge in [-0.15, -0.1) is 12.4 Å². The SMILES string of the molecule is CCNCC1CCN(Cc2ccc(C)c(Br)c2)CC1.Cl. The van der Waals surface area contributed by atoms with Gasteiger partial charge in [0.05, 0.1) is 0 Å². The molecule has 0 aromatic heterocycles. The number of rotatable bonds is 5. The number of aryl methyl sites for hydroxylation is 1. The van der Waals surface area contributed by atoms with Gasteiger partial charge >= 0.3 is 0 Å². The lowest BCUT2D eigenvalue weighted by Crippen LogP contribution is -2.36. The standard InChI is InChI=1S/C16H25BrN2.ClH/c1-3-18-11-14-6-8-19(9-7-14)12-15-5-4-13(2)16(17)10-15;/h4-5,10,14,18H,3,6-9,11-12H2,1-2H3;1H. The van der Waals surface area contributed by atoms with E-state index in [0.717, 1.165) is 19.0 Å². The summed E-state index contributed by atoms with van der Waals surface area (Å²) in [5, 5.41) is 3.47. The molecule has 2 rings (SSSR count). The van der Waals surface area contributed by atoms with E-state index in [1.165, 1.54) is 48.1 Å². The molecule has 114 valence electrons. The highest BCUT2D eigenvalue weighted by Crippen LogP contribution is 2.21. The highest BCUT2D eigenvalue weighted by molar-refractivity contribution is 9.10. The van der Waals surface area contributed by atoms with Crippen LogP contribution >= 0.6 is 28.3 Å². The lowest BCUT2D eigenvalue weighted by molar-refractivity contribution is 0.176. The van der Waals surface area contributed by atoms with Crippen LogP contribution in [-0.2, 0) is 6.54 Å². The summed E-state index contributed by atoms with van der Waals surface area (Å²) < 4.78 is 1.23. The molecule has 1 aromatic carbocycles. The fraction of sp³-hybridized carbons (Fsp3) is 0.625. The molecule has 0 spiro atoms. The van der Waals surface area contributed by atoms with Crippen molar-refractivity contribution in [2.24, 2.45) is 5.92 Å². The van der Waals surface area contributed by atoms with Crippen molar-refractivity contribution in [2.45, 2.75) is 33.2 Å². The van der Waals surface area contributed by atoms with E-state index in [1.54, 1.807) is 0 Å². The maximum absolute atomic E-state index is 3.62. The van der Waals surface area contributed by atoms with Crippen LogP contribution in [0.3, 0.4) is 0 Å². The van der Waals surface area contributed by atoms with Gasteiger partial charge in [-0.25, -0.2) is 0 Å². The summed E-state index contributed by atoms with van der Waals surface area (Å²) in [4.78, 5) is 2.58. The fourth-order valence-corrected chi connectivity index (χ4v) is 3.12. The molecular formula is C16H26BrClN2. The van der Waals surface area contributed by atoms with Gasteiger partial charge in [0.1, 0.15) is 0 Å². The molecule has 20 heavy (non-hydrogen) atoms. The first kappa shape index (κ1) is 18.0. The summed E-state index contributed by atoms with van der Waals surface area (Å²) >= 11 is 3.62. The Balaban J connectivity index is 0.00000200. The van der Waals surface area contributed by atoms with Crippen molar-refractivity contribution >= 4 is 28.3 Å². The van der Waals surface area contributed by atoms with Gasteiger partial charge in [0.2, 0.25) is 0 Å². The summed E-state index contributed by atoms with van der Waals surface area (Å²) in [7, 11) is 0. The molecule has 1 fully saturated rings. The van der Waals surface area contributed by atoms with E-state index < -0.39 is 0 Å². The first-order valence-corrected chi connectivity index (χ1v) is 8.16. The zero-order valence-electron chi connectivity index (χ0n) is 12.5. The summed E-state index contributed by atoms with van der Waals surface area (Å²) in [6.45, 7) is 10.2. The van der Waals surface area contributed by atoms with Gasteiger partial charge in [0.15, 0.2) is 0 Å². The monoisotopic (exact) mass is 360 g/mol. The normalized spacial score (nSPS) is 16.9. The lowest BCUT2D eigenvalue weighted by atomic mass is 9.96. The Kier molecular flexibility index (Phi) is 8.11. The van der Waals surface area contributed by atoms with Crippen LogP contribution in [0.4, 0.5) is 0 Å². The molecule has 0 saturated carbocycles. The van der Waals surface area contributed by atoms with Crippen LogP contribution in [0.1, 0.15) is 30.9 Å². The Labute approximate surface area is 137 Å². The Morgan fingerprint density at radius 2 is 2.00 bits per heavy atom. The van der Waals surface area contributed by atoms with Crippen molar-refractivity contribution in [3.63, 3.8) is 0 Å². The third-order valence-electron chi connectivity index (χ3n) is 4.03. The van der Waals surface area contributed by atoms with Gasteiger partial charge in [-0.1, -0.05) is 35.0 Å². The largest absolute Gasteiger partial charge is 0.317 e. The van der Waals surface area contributed by atoms with Gasteiger partial charge in [-0.2, -0.15) is 0 Å². The van der Waals surface area contributed by atoms with E-state index in [4.69, 9.17) is 0 Å². The van der Waals surface area contributed by atoms with Crippen LogP contribution in [0, 0.1) is 12.8 Å². The third kappa shape index (κ3) is 5.36. The maximum Gasteiger partial charge on any atom is 0.0234 e. The topological polar surface area (TPSA) is 15.3 Å². The maximum atomic E-state index is 3.62. The second-order valence-electron chi connectivity index (χ2n) is 5.61. The second kappa shape index (κ2) is 9.04. The van der Waals surface area contributed by atoms with Crippen molar-refractivity contribution in [1.29, 1.82) is 0 Å². The van der Waals surface area contributed by atoms with Crippen LogP contribution in [0.5, 0.6) is 0 Å². The van der Waals surface area contributed by atoms with Crippen LogP contribution in [0.15, 0.2) is 22.7 Å². The van der Waals surface area contributed by atoms with Crippen molar-refractivity contribution < 1.29 is 0 Å². The Bertz CT molecular complexity index is 403. The molecule has 1 saturated heterocycles. The van der Waals surface area contributed by atoms with Crippen LogP contribution in [0.2, 0.25) is 0 Å². The molecule has 0 atom stereocenters. The number of halogens is 2. The smallest absolute Gasteiger partial charge is 0.0234 e. The van der Waals surface area contributed by atoms with Crippen molar-refractivity contribution in [2.75, 3.05) is 26.2 Å². The predicted molar refractivity (Wildman–Crippen MR) is 92.7 cm³/mol. The highest BCUT2D eigenvalue weighted by Gasteiger charge is 2.18. The molecule has 1 aliphatic rings.